The highest BCUT2D eigenvalue weighted by Gasteiger charge is 2.26. The van der Waals surface area contributed by atoms with Gasteiger partial charge in [0.15, 0.2) is 0 Å². The summed E-state index contributed by atoms with van der Waals surface area (Å²) in [5.41, 5.74) is 1.71. The van der Waals surface area contributed by atoms with E-state index in [1.54, 1.807) is 19.2 Å². The van der Waals surface area contributed by atoms with Crippen molar-refractivity contribution in [1.29, 1.82) is 0 Å². The molecule has 1 heterocycles. The molecular weight excluding hydrogens is 326 g/mol. The van der Waals surface area contributed by atoms with Crippen molar-refractivity contribution in [2.24, 2.45) is 0 Å². The first kappa shape index (κ1) is 16.8. The van der Waals surface area contributed by atoms with Crippen LogP contribution >= 0.6 is 11.6 Å². The molecule has 2 aromatic rings. The lowest BCUT2D eigenvalue weighted by Gasteiger charge is -2.33. The summed E-state index contributed by atoms with van der Waals surface area (Å²) >= 11 is 6.14. The Morgan fingerprint density at radius 3 is 2.71 bits per heavy atom. The number of hydrogen-bond donors (Lipinski definition) is 0. The second-order valence-electron chi connectivity index (χ2n) is 5.78. The molecule has 0 saturated carbocycles. The molecule has 5 heteroatoms. The molecule has 0 N–H and O–H groups in total. The number of rotatable bonds is 4. The van der Waals surface area contributed by atoms with E-state index in [1.807, 2.05) is 41.3 Å². The second-order valence-corrected chi connectivity index (χ2v) is 6.18. The normalized spacial score (nSPS) is 17.6. The lowest BCUT2D eigenvalue weighted by Crippen LogP contribution is -2.46. The van der Waals surface area contributed by atoms with Gasteiger partial charge in [0.25, 0.3) is 5.91 Å². The Morgan fingerprint density at radius 2 is 2.00 bits per heavy atom. The van der Waals surface area contributed by atoms with E-state index >= 15 is 0 Å². The van der Waals surface area contributed by atoms with Crippen molar-refractivity contribution in [3.63, 3.8) is 0 Å². The predicted octanol–water partition coefficient (Wildman–Crippen LogP) is 3.43. The number of carbonyl (C=O) groups excluding carboxylic acids is 1. The van der Waals surface area contributed by atoms with Crippen LogP contribution in [0.1, 0.15) is 15.9 Å². The van der Waals surface area contributed by atoms with Gasteiger partial charge in [-0.3, -0.25) is 4.79 Å². The van der Waals surface area contributed by atoms with E-state index in [-0.39, 0.29) is 12.0 Å². The third-order valence-corrected chi connectivity index (χ3v) is 4.48. The maximum absolute atomic E-state index is 12.7. The lowest BCUT2D eigenvalue weighted by molar-refractivity contribution is -0.0208. The van der Waals surface area contributed by atoms with Gasteiger partial charge in [0.2, 0.25) is 0 Å². The van der Waals surface area contributed by atoms with Crippen LogP contribution in [0, 0.1) is 0 Å². The van der Waals surface area contributed by atoms with Crippen LogP contribution in [-0.2, 0) is 11.2 Å². The summed E-state index contributed by atoms with van der Waals surface area (Å²) in [6, 6.07) is 15.1. The molecule has 126 valence electrons. The largest absolute Gasteiger partial charge is 0.497 e. The van der Waals surface area contributed by atoms with Crippen LogP contribution in [0.4, 0.5) is 0 Å². The first-order valence-electron chi connectivity index (χ1n) is 7.95. The van der Waals surface area contributed by atoms with Crippen LogP contribution in [0.5, 0.6) is 5.75 Å². The molecule has 1 fully saturated rings. The number of ether oxygens (including phenoxy) is 2. The van der Waals surface area contributed by atoms with E-state index in [4.69, 9.17) is 21.1 Å². The predicted molar refractivity (Wildman–Crippen MR) is 93.8 cm³/mol. The van der Waals surface area contributed by atoms with E-state index in [9.17, 15) is 4.79 Å². The summed E-state index contributed by atoms with van der Waals surface area (Å²) in [5.74, 6) is 0.794. The number of halogens is 1. The number of carbonyl (C=O) groups is 1. The fraction of sp³-hybridized carbons (Fsp3) is 0.316. The molecule has 1 unspecified atom stereocenters. The maximum atomic E-state index is 12.7. The summed E-state index contributed by atoms with van der Waals surface area (Å²) in [7, 11) is 1.65. The first-order chi connectivity index (χ1) is 11.7. The minimum Gasteiger partial charge on any atom is -0.497 e. The van der Waals surface area contributed by atoms with Crippen LogP contribution in [0.15, 0.2) is 48.5 Å². The number of hydrogen-bond acceptors (Lipinski definition) is 3. The molecule has 1 saturated heterocycles. The summed E-state index contributed by atoms with van der Waals surface area (Å²) in [6.07, 6.45) is 0.745. The molecular formula is C19H20ClNO3. The highest BCUT2D eigenvalue weighted by molar-refractivity contribution is 6.33. The van der Waals surface area contributed by atoms with E-state index < -0.39 is 0 Å². The van der Waals surface area contributed by atoms with Gasteiger partial charge in [-0.1, -0.05) is 35.9 Å². The minimum atomic E-state index is -0.0383. The van der Waals surface area contributed by atoms with Gasteiger partial charge in [-0.15, -0.1) is 0 Å². The summed E-state index contributed by atoms with van der Waals surface area (Å²) < 4.78 is 11.0. The van der Waals surface area contributed by atoms with Crippen molar-refractivity contribution >= 4 is 17.5 Å². The molecule has 1 aliphatic rings. The number of benzene rings is 2. The highest BCUT2D eigenvalue weighted by Crippen LogP contribution is 2.20. The van der Waals surface area contributed by atoms with Gasteiger partial charge in [-0.25, -0.2) is 0 Å². The third kappa shape index (κ3) is 3.89. The standard InChI is InChI=1S/C19H20ClNO3/c1-23-15-8-6-14(7-9-15)12-16-13-21(10-11-24-16)19(22)17-4-2-3-5-18(17)20/h2-9,16H,10-13H2,1H3. The van der Waals surface area contributed by atoms with E-state index in [0.717, 1.165) is 17.7 Å². The summed E-state index contributed by atoms with van der Waals surface area (Å²) in [4.78, 5) is 14.5. The Hall–Kier alpha value is -2.04. The van der Waals surface area contributed by atoms with Crippen LogP contribution in [-0.4, -0.2) is 43.7 Å². The molecule has 24 heavy (non-hydrogen) atoms. The van der Waals surface area contributed by atoms with E-state index in [1.165, 1.54) is 0 Å². The number of morpholine rings is 1. The molecule has 1 aliphatic heterocycles. The SMILES string of the molecule is COc1ccc(CC2CN(C(=O)c3ccccc3Cl)CCO2)cc1. The van der Waals surface area contributed by atoms with Gasteiger partial charge in [-0.05, 0) is 29.8 Å². The Labute approximate surface area is 146 Å². The molecule has 0 bridgehead atoms. The fourth-order valence-corrected chi connectivity index (χ4v) is 3.07. The molecule has 1 atom stereocenters. The van der Waals surface area contributed by atoms with Gasteiger partial charge < -0.3 is 14.4 Å². The molecule has 2 aromatic carbocycles. The van der Waals surface area contributed by atoms with Crippen molar-refractivity contribution < 1.29 is 14.3 Å². The molecule has 0 radical (unpaired) electrons. The molecule has 4 nitrogen and oxygen atoms in total. The zero-order valence-electron chi connectivity index (χ0n) is 13.6. The molecule has 1 amide bonds. The van der Waals surface area contributed by atoms with Crippen LogP contribution < -0.4 is 4.74 Å². The molecule has 0 spiro atoms. The molecule has 0 aliphatic carbocycles. The average Bonchev–Trinajstić information content (AvgIpc) is 2.62. The first-order valence-corrected chi connectivity index (χ1v) is 8.33. The third-order valence-electron chi connectivity index (χ3n) is 4.15. The van der Waals surface area contributed by atoms with Crippen LogP contribution in [0.25, 0.3) is 0 Å². The van der Waals surface area contributed by atoms with Crippen molar-refractivity contribution in [2.75, 3.05) is 26.8 Å². The Morgan fingerprint density at radius 1 is 1.25 bits per heavy atom. The number of amides is 1. The zero-order chi connectivity index (χ0) is 16.9. The second kappa shape index (κ2) is 7.69. The smallest absolute Gasteiger partial charge is 0.255 e. The molecule has 3 rings (SSSR count). The van der Waals surface area contributed by atoms with Crippen molar-refractivity contribution in [3.05, 3.63) is 64.7 Å². The van der Waals surface area contributed by atoms with E-state index in [2.05, 4.69) is 0 Å². The van der Waals surface area contributed by atoms with Crippen molar-refractivity contribution in [2.45, 2.75) is 12.5 Å². The lowest BCUT2D eigenvalue weighted by atomic mass is 10.1. The molecule has 0 aromatic heterocycles. The minimum absolute atomic E-state index is 0.0152. The van der Waals surface area contributed by atoms with E-state index in [0.29, 0.717) is 30.3 Å². The topological polar surface area (TPSA) is 38.8 Å². The van der Waals surface area contributed by atoms with Crippen molar-refractivity contribution in [3.8, 4) is 5.75 Å². The Balaban J connectivity index is 1.65. The van der Waals surface area contributed by atoms with Crippen LogP contribution in [0.2, 0.25) is 5.02 Å². The maximum Gasteiger partial charge on any atom is 0.255 e. The Kier molecular flexibility index (Phi) is 5.38. The number of nitrogens with zero attached hydrogens (tertiary/aromatic N) is 1. The van der Waals surface area contributed by atoms with Gasteiger partial charge in [-0.2, -0.15) is 0 Å². The van der Waals surface area contributed by atoms with Gasteiger partial charge in [0.1, 0.15) is 5.75 Å². The quantitative estimate of drug-likeness (QED) is 0.852. The van der Waals surface area contributed by atoms with Crippen molar-refractivity contribution in [1.82, 2.24) is 4.90 Å². The van der Waals surface area contributed by atoms with Gasteiger partial charge in [0.05, 0.1) is 30.4 Å². The van der Waals surface area contributed by atoms with Crippen LogP contribution in [0.3, 0.4) is 0 Å². The fourth-order valence-electron chi connectivity index (χ4n) is 2.86. The number of methoxy groups -OCH3 is 1. The highest BCUT2D eigenvalue weighted by atomic mass is 35.5. The monoisotopic (exact) mass is 345 g/mol. The van der Waals surface area contributed by atoms with Gasteiger partial charge in [0, 0.05) is 19.5 Å². The van der Waals surface area contributed by atoms with Gasteiger partial charge >= 0.3 is 0 Å². The summed E-state index contributed by atoms with van der Waals surface area (Å²) in [5, 5.41) is 0.487. The summed E-state index contributed by atoms with van der Waals surface area (Å²) in [6.45, 7) is 1.69. The zero-order valence-corrected chi connectivity index (χ0v) is 14.3. The average molecular weight is 346 g/mol. The Bertz CT molecular complexity index is 702.